The van der Waals surface area contributed by atoms with Gasteiger partial charge in [-0.15, -0.1) is 0 Å². The minimum atomic E-state index is -1.25. The van der Waals surface area contributed by atoms with Gasteiger partial charge in [-0.25, -0.2) is 0 Å². The second kappa shape index (κ2) is 5.84. The fraction of sp³-hybridized carbons (Fsp3) is 0.938. The summed E-state index contributed by atoms with van der Waals surface area (Å²) in [6, 6.07) is 0. The van der Waals surface area contributed by atoms with Gasteiger partial charge in [0.2, 0.25) is 0 Å². The van der Waals surface area contributed by atoms with Crippen molar-refractivity contribution < 1.29 is 19.4 Å². The van der Waals surface area contributed by atoms with Gasteiger partial charge in [0.15, 0.2) is 12.1 Å². The number of fused-ring (bicyclic) bond motifs is 2. The number of aliphatic hydroxyl groups is 1. The third-order valence-corrected chi connectivity index (χ3v) is 6.45. The first kappa shape index (κ1) is 15.8. The molecule has 1 unspecified atom stereocenters. The molecule has 2 saturated heterocycles. The van der Waals surface area contributed by atoms with Crippen molar-refractivity contribution in [2.24, 2.45) is 11.8 Å². The van der Waals surface area contributed by atoms with Crippen LogP contribution in [0.5, 0.6) is 0 Å². The van der Waals surface area contributed by atoms with Crippen LogP contribution in [0.25, 0.3) is 0 Å². The Kier molecular flexibility index (Phi) is 4.39. The Morgan fingerprint density at radius 3 is 2.90 bits per heavy atom. The fourth-order valence-corrected chi connectivity index (χ4v) is 5.04. The van der Waals surface area contributed by atoms with E-state index < -0.39 is 17.7 Å². The Morgan fingerprint density at radius 2 is 2.14 bits per heavy atom. The molecule has 0 spiro atoms. The maximum atomic E-state index is 12.3. The number of ketones is 1. The lowest BCUT2D eigenvalue weighted by atomic mass is 9.70. The lowest BCUT2D eigenvalue weighted by Crippen LogP contribution is -2.59. The van der Waals surface area contributed by atoms with E-state index in [0.717, 1.165) is 11.5 Å². The number of unbranched alkanes of at least 4 members (excludes halogenated alkanes) is 3. The van der Waals surface area contributed by atoms with Crippen LogP contribution in [0.3, 0.4) is 0 Å². The summed E-state index contributed by atoms with van der Waals surface area (Å²) < 4.78 is 11.7. The van der Waals surface area contributed by atoms with Gasteiger partial charge in [-0.05, 0) is 19.1 Å². The second-order valence-electron chi connectivity index (χ2n) is 6.87. The number of carbonyl (C=O) groups is 1. The highest BCUT2D eigenvalue weighted by atomic mass is 32.2. The Balaban J connectivity index is 1.56. The van der Waals surface area contributed by atoms with Crippen LogP contribution in [-0.2, 0) is 14.3 Å². The average molecular weight is 314 g/mol. The minimum absolute atomic E-state index is 0.0903. The highest BCUT2D eigenvalue weighted by Gasteiger charge is 2.69. The van der Waals surface area contributed by atoms with Crippen molar-refractivity contribution in [1.82, 2.24) is 0 Å². The molecule has 3 fully saturated rings. The van der Waals surface area contributed by atoms with Crippen LogP contribution in [0.1, 0.15) is 52.4 Å². The van der Waals surface area contributed by atoms with E-state index in [9.17, 15) is 9.90 Å². The average Bonchev–Trinajstić information content (AvgIpc) is 2.59. The van der Waals surface area contributed by atoms with Gasteiger partial charge in [0.05, 0.1) is 0 Å². The summed E-state index contributed by atoms with van der Waals surface area (Å²) in [6.45, 7) is 4.02. The molecule has 5 heteroatoms. The first-order valence-electron chi connectivity index (χ1n) is 8.17. The summed E-state index contributed by atoms with van der Waals surface area (Å²) in [6.07, 6.45) is 5.34. The van der Waals surface area contributed by atoms with Crippen LogP contribution < -0.4 is 0 Å². The van der Waals surface area contributed by atoms with Gasteiger partial charge < -0.3 is 14.6 Å². The topological polar surface area (TPSA) is 55.8 Å². The summed E-state index contributed by atoms with van der Waals surface area (Å²) >= 11 is 1.89. The van der Waals surface area contributed by atoms with Crippen LogP contribution in [0.4, 0.5) is 0 Å². The van der Waals surface area contributed by atoms with E-state index in [1.807, 2.05) is 11.8 Å². The second-order valence-corrected chi connectivity index (χ2v) is 8.02. The standard InChI is InChI=1S/C16H26O4S/c1-3-4-5-6-7-21-10-12-11-8-16(18)15(2,9-13(11)17)19-14(12)20-16/h11-12,14,18H,3-10H2,1-2H3/t11-,12?,14+,15-,16+/m0/s1. The van der Waals surface area contributed by atoms with Gasteiger partial charge >= 0.3 is 0 Å². The lowest BCUT2D eigenvalue weighted by Gasteiger charge is -2.45. The molecular formula is C16H26O4S. The molecule has 0 aromatic rings. The van der Waals surface area contributed by atoms with Gasteiger partial charge in [-0.1, -0.05) is 26.2 Å². The number of carbonyl (C=O) groups excluding carboxylic acids is 1. The van der Waals surface area contributed by atoms with Gasteiger partial charge in [0.1, 0.15) is 11.4 Å². The molecule has 1 aliphatic carbocycles. The zero-order valence-electron chi connectivity index (χ0n) is 13.0. The predicted molar refractivity (Wildman–Crippen MR) is 82.0 cm³/mol. The van der Waals surface area contributed by atoms with Gasteiger partial charge in [-0.3, -0.25) is 4.79 Å². The minimum Gasteiger partial charge on any atom is -0.363 e. The summed E-state index contributed by atoms with van der Waals surface area (Å²) in [5, 5.41) is 10.6. The molecule has 1 saturated carbocycles. The number of hydrogen-bond acceptors (Lipinski definition) is 5. The maximum absolute atomic E-state index is 12.3. The van der Waals surface area contributed by atoms with Crippen molar-refractivity contribution in [3.8, 4) is 0 Å². The Bertz CT molecular complexity index is 415. The van der Waals surface area contributed by atoms with Gasteiger partial charge in [0, 0.05) is 30.4 Å². The van der Waals surface area contributed by atoms with Crippen LogP contribution in [0.15, 0.2) is 0 Å². The summed E-state index contributed by atoms with van der Waals surface area (Å²) in [5.41, 5.74) is -0.841. The molecule has 2 aliphatic heterocycles. The zero-order chi connectivity index (χ0) is 15.1. The van der Waals surface area contributed by atoms with E-state index >= 15 is 0 Å². The van der Waals surface area contributed by atoms with Crippen molar-refractivity contribution in [3.63, 3.8) is 0 Å². The fourth-order valence-electron chi connectivity index (χ4n) is 3.81. The molecule has 120 valence electrons. The lowest BCUT2D eigenvalue weighted by molar-refractivity contribution is -0.266. The van der Waals surface area contributed by atoms with E-state index in [-0.39, 0.29) is 24.0 Å². The van der Waals surface area contributed by atoms with Crippen LogP contribution >= 0.6 is 11.8 Å². The van der Waals surface area contributed by atoms with Crippen molar-refractivity contribution in [2.75, 3.05) is 11.5 Å². The van der Waals surface area contributed by atoms with Crippen molar-refractivity contribution in [1.29, 1.82) is 0 Å². The number of Topliss-reactive ketones (excluding diaryl/α,β-unsaturated/α-hetero) is 1. The Labute approximate surface area is 131 Å². The molecule has 0 amide bonds. The molecule has 3 bridgehead atoms. The van der Waals surface area contributed by atoms with Crippen molar-refractivity contribution in [3.05, 3.63) is 0 Å². The highest BCUT2D eigenvalue weighted by Crippen LogP contribution is 2.56. The number of hydrogen-bond donors (Lipinski definition) is 1. The molecule has 5 atom stereocenters. The maximum Gasteiger partial charge on any atom is 0.198 e. The predicted octanol–water partition coefficient (Wildman–Crippen LogP) is 2.73. The summed E-state index contributed by atoms with van der Waals surface area (Å²) in [5.74, 6) is 1.01. The summed E-state index contributed by atoms with van der Waals surface area (Å²) in [4.78, 5) is 12.3. The first-order valence-corrected chi connectivity index (χ1v) is 9.33. The Morgan fingerprint density at radius 1 is 1.33 bits per heavy atom. The van der Waals surface area contributed by atoms with E-state index in [1.165, 1.54) is 25.7 Å². The van der Waals surface area contributed by atoms with Crippen LogP contribution in [0, 0.1) is 11.8 Å². The molecule has 1 N–H and O–H groups in total. The van der Waals surface area contributed by atoms with E-state index in [0.29, 0.717) is 6.42 Å². The monoisotopic (exact) mass is 314 g/mol. The van der Waals surface area contributed by atoms with Crippen molar-refractivity contribution in [2.45, 2.75) is 70.1 Å². The first-order chi connectivity index (χ1) is 9.99. The highest BCUT2D eigenvalue weighted by molar-refractivity contribution is 7.99. The molecular weight excluding hydrogens is 288 g/mol. The molecule has 0 aromatic carbocycles. The normalized spacial score (nSPS) is 44.5. The Hall–Kier alpha value is -0.100. The van der Waals surface area contributed by atoms with Gasteiger partial charge in [-0.2, -0.15) is 11.8 Å². The molecule has 0 aromatic heterocycles. The quantitative estimate of drug-likeness (QED) is 0.732. The van der Waals surface area contributed by atoms with Crippen molar-refractivity contribution >= 4 is 17.5 Å². The van der Waals surface area contributed by atoms with Crippen LogP contribution in [-0.4, -0.2) is 40.1 Å². The smallest absolute Gasteiger partial charge is 0.198 e. The zero-order valence-corrected chi connectivity index (χ0v) is 13.8. The molecule has 3 rings (SSSR count). The molecule has 3 aliphatic rings. The molecule has 2 heterocycles. The third kappa shape index (κ3) is 2.67. The molecule has 0 radical (unpaired) electrons. The third-order valence-electron chi connectivity index (χ3n) is 5.25. The molecule has 4 nitrogen and oxygen atoms in total. The van der Waals surface area contributed by atoms with Crippen LogP contribution in [0.2, 0.25) is 0 Å². The van der Waals surface area contributed by atoms with E-state index in [4.69, 9.17) is 9.47 Å². The molecule has 21 heavy (non-hydrogen) atoms. The largest absolute Gasteiger partial charge is 0.363 e. The van der Waals surface area contributed by atoms with E-state index in [1.54, 1.807) is 6.92 Å². The van der Waals surface area contributed by atoms with E-state index in [2.05, 4.69) is 6.92 Å². The summed E-state index contributed by atoms with van der Waals surface area (Å²) in [7, 11) is 0. The van der Waals surface area contributed by atoms with Gasteiger partial charge in [0.25, 0.3) is 0 Å². The SMILES string of the molecule is CCCCCCSCC1[C@H]2O[C@]3(O)C[C@@H]1C(=O)C[C@]3(C)O2. The number of thioether (sulfide) groups is 1. The number of ether oxygens (including phenoxy) is 2. The number of rotatable bonds is 7.